The maximum Gasteiger partial charge on any atom is 0.204 e. The van der Waals surface area contributed by atoms with E-state index in [1.165, 1.54) is 22.3 Å². The van der Waals surface area contributed by atoms with Gasteiger partial charge in [0.15, 0.2) is 0 Å². The van der Waals surface area contributed by atoms with Crippen LogP contribution in [0.15, 0.2) is 47.6 Å². The SMILES string of the molecule is Cc1cc(C)c(C2=NOC(c3ccccc3)S2)c(C)c1. The van der Waals surface area contributed by atoms with Crippen LogP contribution in [0.3, 0.4) is 0 Å². The molecule has 0 spiro atoms. The number of nitrogens with zero attached hydrogens (tertiary/aromatic N) is 1. The predicted octanol–water partition coefficient (Wildman–Crippen LogP) is 4.74. The first-order valence-electron chi connectivity index (χ1n) is 6.69. The van der Waals surface area contributed by atoms with Crippen molar-refractivity contribution in [3.63, 3.8) is 0 Å². The Morgan fingerprint density at radius 3 is 2.30 bits per heavy atom. The first-order valence-corrected chi connectivity index (χ1v) is 7.57. The van der Waals surface area contributed by atoms with Gasteiger partial charge in [-0.25, -0.2) is 0 Å². The highest BCUT2D eigenvalue weighted by Crippen LogP contribution is 2.39. The second-order valence-corrected chi connectivity index (χ2v) is 6.19. The van der Waals surface area contributed by atoms with E-state index in [9.17, 15) is 0 Å². The minimum absolute atomic E-state index is 0.0358. The van der Waals surface area contributed by atoms with E-state index in [0.717, 1.165) is 10.6 Å². The summed E-state index contributed by atoms with van der Waals surface area (Å²) in [6.07, 6.45) is 0. The minimum Gasteiger partial charge on any atom is -0.375 e. The van der Waals surface area contributed by atoms with Crippen LogP contribution >= 0.6 is 11.8 Å². The molecule has 2 aromatic rings. The van der Waals surface area contributed by atoms with Crippen LogP contribution in [0.25, 0.3) is 0 Å². The van der Waals surface area contributed by atoms with Crippen molar-refractivity contribution in [1.29, 1.82) is 0 Å². The molecule has 0 saturated carbocycles. The van der Waals surface area contributed by atoms with Gasteiger partial charge in [-0.15, -0.1) is 0 Å². The highest BCUT2D eigenvalue weighted by atomic mass is 32.2. The Balaban J connectivity index is 1.88. The fraction of sp³-hybridized carbons (Fsp3) is 0.235. The molecule has 20 heavy (non-hydrogen) atoms. The Labute approximate surface area is 123 Å². The summed E-state index contributed by atoms with van der Waals surface area (Å²) in [6.45, 7) is 6.39. The summed E-state index contributed by atoms with van der Waals surface area (Å²) in [5.74, 6) is 0. The zero-order chi connectivity index (χ0) is 14.1. The van der Waals surface area contributed by atoms with Gasteiger partial charge in [-0.05, 0) is 31.9 Å². The molecule has 0 aromatic heterocycles. The smallest absolute Gasteiger partial charge is 0.204 e. The van der Waals surface area contributed by atoms with Crippen molar-refractivity contribution in [2.45, 2.75) is 26.2 Å². The molecule has 0 fully saturated rings. The molecule has 1 aliphatic rings. The van der Waals surface area contributed by atoms with Gasteiger partial charge < -0.3 is 4.84 Å². The second-order valence-electron chi connectivity index (χ2n) is 5.14. The van der Waals surface area contributed by atoms with Crippen molar-refractivity contribution in [3.8, 4) is 0 Å². The van der Waals surface area contributed by atoms with Crippen molar-refractivity contribution in [2.24, 2.45) is 5.16 Å². The van der Waals surface area contributed by atoms with Crippen molar-refractivity contribution in [3.05, 3.63) is 70.3 Å². The third kappa shape index (κ3) is 2.46. The van der Waals surface area contributed by atoms with E-state index in [-0.39, 0.29) is 5.44 Å². The lowest BCUT2D eigenvalue weighted by Crippen LogP contribution is -2.01. The van der Waals surface area contributed by atoms with Gasteiger partial charge >= 0.3 is 0 Å². The molecule has 0 N–H and O–H groups in total. The summed E-state index contributed by atoms with van der Waals surface area (Å²) in [7, 11) is 0. The maximum absolute atomic E-state index is 5.60. The fourth-order valence-electron chi connectivity index (χ4n) is 2.60. The second kappa shape index (κ2) is 5.33. The van der Waals surface area contributed by atoms with Crippen LogP contribution < -0.4 is 0 Å². The Kier molecular flexibility index (Phi) is 3.53. The van der Waals surface area contributed by atoms with Crippen molar-refractivity contribution in [2.75, 3.05) is 0 Å². The molecule has 3 heteroatoms. The number of benzene rings is 2. The van der Waals surface area contributed by atoms with E-state index in [1.807, 2.05) is 18.2 Å². The topological polar surface area (TPSA) is 21.6 Å². The van der Waals surface area contributed by atoms with E-state index in [1.54, 1.807) is 11.8 Å². The molecule has 1 heterocycles. The van der Waals surface area contributed by atoms with Crippen LogP contribution in [0.5, 0.6) is 0 Å². The lowest BCUT2D eigenvalue weighted by atomic mass is 10.0. The molecule has 0 bridgehead atoms. The third-order valence-electron chi connectivity index (χ3n) is 3.41. The van der Waals surface area contributed by atoms with E-state index in [0.29, 0.717) is 0 Å². The van der Waals surface area contributed by atoms with E-state index < -0.39 is 0 Å². The lowest BCUT2D eigenvalue weighted by Gasteiger charge is -2.10. The molecule has 1 aliphatic heterocycles. The number of hydrogen-bond donors (Lipinski definition) is 0. The van der Waals surface area contributed by atoms with Crippen molar-refractivity contribution >= 4 is 16.8 Å². The molecule has 0 saturated heterocycles. The zero-order valence-electron chi connectivity index (χ0n) is 11.9. The first kappa shape index (κ1) is 13.3. The number of aryl methyl sites for hydroxylation is 3. The van der Waals surface area contributed by atoms with Gasteiger partial charge in [-0.2, -0.15) is 0 Å². The quantitative estimate of drug-likeness (QED) is 0.794. The first-order chi connectivity index (χ1) is 9.65. The summed E-state index contributed by atoms with van der Waals surface area (Å²) in [6, 6.07) is 14.6. The summed E-state index contributed by atoms with van der Waals surface area (Å²) in [5.41, 5.74) is 6.12. The zero-order valence-corrected chi connectivity index (χ0v) is 12.7. The summed E-state index contributed by atoms with van der Waals surface area (Å²) >= 11 is 1.68. The molecular formula is C17H17NOS. The van der Waals surface area contributed by atoms with Crippen LogP contribution in [-0.4, -0.2) is 5.04 Å². The molecule has 1 unspecified atom stereocenters. The lowest BCUT2D eigenvalue weighted by molar-refractivity contribution is 0.131. The average Bonchev–Trinajstić information content (AvgIpc) is 2.88. The van der Waals surface area contributed by atoms with Gasteiger partial charge in [-0.3, -0.25) is 0 Å². The molecule has 2 nitrogen and oxygen atoms in total. The number of rotatable bonds is 2. The number of thioether (sulfide) groups is 1. The highest BCUT2D eigenvalue weighted by molar-refractivity contribution is 8.14. The van der Waals surface area contributed by atoms with Gasteiger partial charge in [-0.1, -0.05) is 64.9 Å². The maximum atomic E-state index is 5.60. The van der Waals surface area contributed by atoms with Crippen LogP contribution in [0.1, 0.15) is 33.3 Å². The van der Waals surface area contributed by atoms with Gasteiger partial charge in [0.2, 0.25) is 5.44 Å². The minimum atomic E-state index is -0.0358. The normalized spacial score (nSPS) is 17.8. The van der Waals surface area contributed by atoms with Crippen LogP contribution in [0, 0.1) is 20.8 Å². The van der Waals surface area contributed by atoms with Crippen molar-refractivity contribution in [1.82, 2.24) is 0 Å². The molecule has 0 amide bonds. The monoisotopic (exact) mass is 283 g/mol. The molecule has 1 atom stereocenters. The summed E-state index contributed by atoms with van der Waals surface area (Å²) < 4.78 is 0. The highest BCUT2D eigenvalue weighted by Gasteiger charge is 2.26. The van der Waals surface area contributed by atoms with E-state index in [4.69, 9.17) is 4.84 Å². The van der Waals surface area contributed by atoms with Gasteiger partial charge in [0.05, 0.1) is 0 Å². The van der Waals surface area contributed by atoms with E-state index in [2.05, 4.69) is 50.2 Å². The summed E-state index contributed by atoms with van der Waals surface area (Å²) in [5, 5.41) is 5.28. The molecule has 3 rings (SSSR count). The average molecular weight is 283 g/mol. The van der Waals surface area contributed by atoms with Crippen LogP contribution in [-0.2, 0) is 4.84 Å². The molecule has 0 aliphatic carbocycles. The number of hydrogen-bond acceptors (Lipinski definition) is 3. The molecule has 102 valence electrons. The van der Waals surface area contributed by atoms with E-state index >= 15 is 0 Å². The van der Waals surface area contributed by atoms with Crippen LogP contribution in [0.4, 0.5) is 0 Å². The number of oxime groups is 1. The Morgan fingerprint density at radius 1 is 1.00 bits per heavy atom. The van der Waals surface area contributed by atoms with Gasteiger partial charge in [0.1, 0.15) is 5.04 Å². The van der Waals surface area contributed by atoms with Crippen molar-refractivity contribution < 1.29 is 4.84 Å². The molecule has 0 radical (unpaired) electrons. The Bertz CT molecular complexity index is 641. The van der Waals surface area contributed by atoms with Crippen LogP contribution in [0.2, 0.25) is 0 Å². The predicted molar refractivity (Wildman–Crippen MR) is 85.0 cm³/mol. The Morgan fingerprint density at radius 2 is 1.65 bits per heavy atom. The van der Waals surface area contributed by atoms with Gasteiger partial charge in [0.25, 0.3) is 0 Å². The largest absolute Gasteiger partial charge is 0.375 e. The third-order valence-corrected chi connectivity index (χ3v) is 4.49. The van der Waals surface area contributed by atoms with Gasteiger partial charge in [0, 0.05) is 11.1 Å². The molecule has 2 aromatic carbocycles. The molecular weight excluding hydrogens is 266 g/mol. The summed E-state index contributed by atoms with van der Waals surface area (Å²) in [4.78, 5) is 5.60. The fourth-order valence-corrected chi connectivity index (χ4v) is 3.71. The Hall–Kier alpha value is -1.74. The standard InChI is InChI=1S/C17H17NOS/c1-11-9-12(2)15(13(3)10-11)16-18-19-17(20-16)14-7-5-4-6-8-14/h4-10,17H,1-3H3.